The summed E-state index contributed by atoms with van der Waals surface area (Å²) >= 11 is 0. The van der Waals surface area contributed by atoms with Crippen molar-refractivity contribution in [2.75, 3.05) is 19.6 Å². The van der Waals surface area contributed by atoms with Crippen LogP contribution in [0.25, 0.3) is 0 Å². The van der Waals surface area contributed by atoms with Crippen LogP contribution in [0.5, 0.6) is 5.75 Å². The van der Waals surface area contributed by atoms with Crippen molar-refractivity contribution in [1.82, 2.24) is 10.6 Å². The molecular weight excluding hydrogens is 321 g/mol. The molecule has 1 aromatic rings. The number of benzene rings is 1. The van der Waals surface area contributed by atoms with Crippen molar-refractivity contribution in [2.24, 2.45) is 5.92 Å². The molecule has 1 amide bonds. The number of hydrogen-bond acceptors (Lipinski definition) is 3. The van der Waals surface area contributed by atoms with E-state index >= 15 is 0 Å². The molecular formula is C17H23F3N2O2. The van der Waals surface area contributed by atoms with Gasteiger partial charge in [-0.05, 0) is 50.6 Å². The van der Waals surface area contributed by atoms with Crippen molar-refractivity contribution in [2.45, 2.75) is 38.5 Å². The van der Waals surface area contributed by atoms with E-state index in [9.17, 15) is 18.0 Å². The molecule has 1 aliphatic heterocycles. The van der Waals surface area contributed by atoms with Crippen molar-refractivity contribution in [3.63, 3.8) is 0 Å². The van der Waals surface area contributed by atoms with E-state index < -0.39 is 11.7 Å². The largest absolute Gasteiger partial charge is 0.489 e. The highest BCUT2D eigenvalue weighted by Crippen LogP contribution is 2.31. The van der Waals surface area contributed by atoms with Crippen molar-refractivity contribution < 1.29 is 22.7 Å². The number of nitrogens with one attached hydrogen (secondary N) is 2. The van der Waals surface area contributed by atoms with Gasteiger partial charge < -0.3 is 15.4 Å². The van der Waals surface area contributed by atoms with E-state index in [-0.39, 0.29) is 30.2 Å². The molecule has 0 spiro atoms. The summed E-state index contributed by atoms with van der Waals surface area (Å²) in [7, 11) is 0. The first-order chi connectivity index (χ1) is 11.4. The minimum atomic E-state index is -4.40. The smallest absolute Gasteiger partial charge is 0.416 e. The molecule has 24 heavy (non-hydrogen) atoms. The maximum atomic E-state index is 12.7. The lowest BCUT2D eigenvalue weighted by atomic mass is 9.97. The Balaban J connectivity index is 1.88. The fraction of sp³-hybridized carbons (Fsp3) is 0.588. The third kappa shape index (κ3) is 5.40. The topological polar surface area (TPSA) is 50.4 Å². The number of hydrogen-bond donors (Lipinski definition) is 2. The summed E-state index contributed by atoms with van der Waals surface area (Å²) in [6.45, 7) is 3.82. The molecule has 1 saturated heterocycles. The van der Waals surface area contributed by atoms with Gasteiger partial charge in [0.05, 0.1) is 12.1 Å². The fourth-order valence-corrected chi connectivity index (χ4v) is 2.65. The van der Waals surface area contributed by atoms with Crippen molar-refractivity contribution in [3.8, 4) is 5.75 Å². The first-order valence-corrected chi connectivity index (χ1v) is 8.22. The Morgan fingerprint density at radius 3 is 2.71 bits per heavy atom. The van der Waals surface area contributed by atoms with Gasteiger partial charge in [0.15, 0.2) is 0 Å². The van der Waals surface area contributed by atoms with Crippen LogP contribution in [0.1, 0.15) is 31.7 Å². The number of halogens is 3. The Hall–Kier alpha value is -1.76. The Morgan fingerprint density at radius 1 is 1.38 bits per heavy atom. The van der Waals surface area contributed by atoms with E-state index in [0.717, 1.165) is 38.1 Å². The van der Waals surface area contributed by atoms with Gasteiger partial charge in [0.1, 0.15) is 11.9 Å². The number of piperidine rings is 1. The van der Waals surface area contributed by atoms with Crippen LogP contribution in [0.15, 0.2) is 24.3 Å². The summed E-state index contributed by atoms with van der Waals surface area (Å²) in [5.41, 5.74) is -0.742. The molecule has 134 valence electrons. The molecule has 0 aliphatic carbocycles. The number of carbonyl (C=O) groups is 1. The van der Waals surface area contributed by atoms with Crippen molar-refractivity contribution in [3.05, 3.63) is 29.8 Å². The molecule has 0 bridgehead atoms. The summed E-state index contributed by atoms with van der Waals surface area (Å²) in [6.07, 6.45) is -2.57. The number of alkyl halides is 3. The van der Waals surface area contributed by atoms with Gasteiger partial charge >= 0.3 is 6.18 Å². The first-order valence-electron chi connectivity index (χ1n) is 8.22. The zero-order valence-corrected chi connectivity index (χ0v) is 13.7. The lowest BCUT2D eigenvalue weighted by Crippen LogP contribution is -2.41. The Bertz CT molecular complexity index is 543. The third-order valence-electron chi connectivity index (χ3n) is 4.13. The van der Waals surface area contributed by atoms with Gasteiger partial charge in [-0.1, -0.05) is 13.0 Å². The minimum absolute atomic E-state index is 0.00249. The van der Waals surface area contributed by atoms with Gasteiger partial charge in [-0.2, -0.15) is 13.2 Å². The fourth-order valence-electron chi connectivity index (χ4n) is 2.65. The van der Waals surface area contributed by atoms with Crippen LogP contribution in [-0.2, 0) is 11.0 Å². The maximum absolute atomic E-state index is 12.7. The molecule has 7 heteroatoms. The molecule has 0 aromatic heterocycles. The summed E-state index contributed by atoms with van der Waals surface area (Å²) in [5, 5.41) is 6.05. The van der Waals surface area contributed by atoms with Crippen LogP contribution in [0.3, 0.4) is 0 Å². The number of ether oxygens (including phenoxy) is 1. The zero-order valence-electron chi connectivity index (χ0n) is 13.7. The van der Waals surface area contributed by atoms with Crippen molar-refractivity contribution >= 4 is 5.91 Å². The molecule has 1 aliphatic rings. The van der Waals surface area contributed by atoms with Gasteiger partial charge in [-0.3, -0.25) is 4.79 Å². The average Bonchev–Trinajstić information content (AvgIpc) is 2.58. The molecule has 1 atom stereocenters. The number of carbonyl (C=O) groups excluding carboxylic acids is 1. The van der Waals surface area contributed by atoms with E-state index in [1.54, 1.807) is 0 Å². The Kier molecular flexibility index (Phi) is 6.48. The third-order valence-corrected chi connectivity index (χ3v) is 4.13. The normalized spacial score (nSPS) is 17.3. The summed E-state index contributed by atoms with van der Waals surface area (Å²) in [5.74, 6) is 0.146. The first kappa shape index (κ1) is 18.6. The molecule has 0 saturated carbocycles. The predicted molar refractivity (Wildman–Crippen MR) is 84.8 cm³/mol. The highest BCUT2D eigenvalue weighted by molar-refractivity contribution is 5.78. The van der Waals surface area contributed by atoms with Crippen LogP contribution < -0.4 is 15.4 Å². The highest BCUT2D eigenvalue weighted by Gasteiger charge is 2.30. The summed E-state index contributed by atoms with van der Waals surface area (Å²) in [6, 6.07) is 4.80. The van der Waals surface area contributed by atoms with Crippen LogP contribution in [0, 0.1) is 5.92 Å². The number of rotatable bonds is 6. The van der Waals surface area contributed by atoms with E-state index in [1.165, 1.54) is 12.1 Å². The van der Waals surface area contributed by atoms with Gasteiger partial charge in [-0.25, -0.2) is 0 Å². The Morgan fingerprint density at radius 2 is 2.08 bits per heavy atom. The van der Waals surface area contributed by atoms with Gasteiger partial charge in [0.25, 0.3) is 0 Å². The van der Waals surface area contributed by atoms with Gasteiger partial charge in [0.2, 0.25) is 5.91 Å². The summed E-state index contributed by atoms with van der Waals surface area (Å²) in [4.78, 5) is 12.1. The summed E-state index contributed by atoms with van der Waals surface area (Å²) < 4.78 is 43.8. The SMILES string of the molecule is CC[C@@H](CNC(=O)C1CCNCC1)Oc1cccc(C(F)(F)F)c1. The minimum Gasteiger partial charge on any atom is -0.489 e. The van der Waals surface area contributed by atoms with Gasteiger partial charge in [-0.15, -0.1) is 0 Å². The lowest BCUT2D eigenvalue weighted by Gasteiger charge is -2.24. The van der Waals surface area contributed by atoms with Crippen molar-refractivity contribution in [1.29, 1.82) is 0 Å². The molecule has 2 N–H and O–H groups in total. The standard InChI is InChI=1S/C17H23F3N2O2/c1-2-14(11-22-16(23)12-6-8-21-9-7-12)24-15-5-3-4-13(10-15)17(18,19)20/h3-5,10,12,14,21H,2,6-9,11H2,1H3,(H,22,23)/t14-/m0/s1. The molecule has 0 unspecified atom stereocenters. The van der Waals surface area contributed by atoms with Crippen LogP contribution in [0.2, 0.25) is 0 Å². The zero-order chi connectivity index (χ0) is 17.6. The number of amides is 1. The van der Waals surface area contributed by atoms with E-state index in [1.807, 2.05) is 6.92 Å². The lowest BCUT2D eigenvalue weighted by molar-refractivity contribution is -0.137. The maximum Gasteiger partial charge on any atom is 0.416 e. The highest BCUT2D eigenvalue weighted by atomic mass is 19.4. The molecule has 4 nitrogen and oxygen atoms in total. The molecule has 1 aromatic carbocycles. The van der Waals surface area contributed by atoms with E-state index in [0.29, 0.717) is 6.42 Å². The Labute approximate surface area is 139 Å². The van der Waals surface area contributed by atoms with E-state index in [2.05, 4.69) is 10.6 Å². The molecule has 0 radical (unpaired) electrons. The van der Waals surface area contributed by atoms with Crippen LogP contribution >= 0.6 is 0 Å². The predicted octanol–water partition coefficient (Wildman–Crippen LogP) is 2.98. The van der Waals surface area contributed by atoms with E-state index in [4.69, 9.17) is 4.74 Å². The second-order valence-electron chi connectivity index (χ2n) is 5.94. The second kappa shape index (κ2) is 8.37. The molecule has 1 fully saturated rings. The van der Waals surface area contributed by atoms with Crippen LogP contribution in [0.4, 0.5) is 13.2 Å². The van der Waals surface area contributed by atoms with Gasteiger partial charge in [0, 0.05) is 5.92 Å². The van der Waals surface area contributed by atoms with Crippen LogP contribution in [-0.4, -0.2) is 31.6 Å². The molecule has 1 heterocycles. The quantitative estimate of drug-likeness (QED) is 0.834. The molecule has 2 rings (SSSR count). The second-order valence-corrected chi connectivity index (χ2v) is 5.94. The average molecular weight is 344 g/mol. The monoisotopic (exact) mass is 344 g/mol.